The van der Waals surface area contributed by atoms with Crippen LogP contribution in [0.1, 0.15) is 29.0 Å². The van der Waals surface area contributed by atoms with Crippen LogP contribution in [0.3, 0.4) is 0 Å². The molecule has 2 nitrogen and oxygen atoms in total. The van der Waals surface area contributed by atoms with Gasteiger partial charge in [0.15, 0.2) is 0 Å². The highest BCUT2D eigenvalue weighted by atomic mass is 79.9. The van der Waals surface area contributed by atoms with Gasteiger partial charge in [0.2, 0.25) is 0 Å². The maximum absolute atomic E-state index is 5.67. The van der Waals surface area contributed by atoms with Crippen LogP contribution in [0.5, 0.6) is 0 Å². The summed E-state index contributed by atoms with van der Waals surface area (Å²) < 4.78 is 1.10. The first-order chi connectivity index (χ1) is 8.26. The molecule has 0 saturated heterocycles. The Morgan fingerprint density at radius 2 is 2.00 bits per heavy atom. The lowest BCUT2D eigenvalue weighted by molar-refractivity contribution is 0.644. The molecule has 17 heavy (non-hydrogen) atoms. The molecule has 4 heteroatoms. The van der Waals surface area contributed by atoms with Crippen LogP contribution in [-0.4, -0.2) is 0 Å². The number of benzene rings is 1. The van der Waals surface area contributed by atoms with Crippen molar-refractivity contribution in [1.29, 1.82) is 0 Å². The quantitative estimate of drug-likeness (QED) is 0.668. The van der Waals surface area contributed by atoms with Crippen molar-refractivity contribution in [3.8, 4) is 0 Å². The van der Waals surface area contributed by atoms with Crippen molar-refractivity contribution in [2.24, 2.45) is 5.84 Å². The Hall–Kier alpha value is -0.680. The average molecular weight is 311 g/mol. The number of hydrogen-bond donors (Lipinski definition) is 2. The molecule has 0 aliphatic rings. The normalized spacial score (nSPS) is 12.6. The topological polar surface area (TPSA) is 38.0 Å². The largest absolute Gasteiger partial charge is 0.271 e. The molecule has 1 unspecified atom stereocenters. The van der Waals surface area contributed by atoms with Gasteiger partial charge in [-0.25, -0.2) is 5.43 Å². The molecule has 0 fully saturated rings. The number of hydrogen-bond acceptors (Lipinski definition) is 3. The van der Waals surface area contributed by atoms with Gasteiger partial charge in [0.25, 0.3) is 0 Å². The predicted octanol–water partition coefficient (Wildman–Crippen LogP) is 3.63. The summed E-state index contributed by atoms with van der Waals surface area (Å²) in [6.45, 7) is 2.16. The monoisotopic (exact) mass is 310 g/mol. The zero-order chi connectivity index (χ0) is 12.3. The molecule has 1 aromatic heterocycles. The van der Waals surface area contributed by atoms with Gasteiger partial charge in [0.05, 0.1) is 6.04 Å². The number of rotatable bonds is 4. The van der Waals surface area contributed by atoms with Crippen LogP contribution in [0, 0.1) is 0 Å². The van der Waals surface area contributed by atoms with E-state index in [-0.39, 0.29) is 6.04 Å². The van der Waals surface area contributed by atoms with E-state index in [1.165, 1.54) is 16.0 Å². The van der Waals surface area contributed by atoms with Crippen molar-refractivity contribution >= 4 is 27.3 Å². The Morgan fingerprint density at radius 3 is 2.47 bits per heavy atom. The zero-order valence-electron chi connectivity index (χ0n) is 9.61. The molecule has 0 bridgehead atoms. The Labute approximate surface area is 114 Å². The van der Waals surface area contributed by atoms with Crippen LogP contribution in [0.4, 0.5) is 0 Å². The van der Waals surface area contributed by atoms with Gasteiger partial charge in [-0.2, -0.15) is 0 Å². The van der Waals surface area contributed by atoms with E-state index >= 15 is 0 Å². The van der Waals surface area contributed by atoms with Crippen LogP contribution < -0.4 is 11.3 Å². The van der Waals surface area contributed by atoms with Crippen LogP contribution in [-0.2, 0) is 6.42 Å². The van der Waals surface area contributed by atoms with Crippen molar-refractivity contribution in [2.45, 2.75) is 19.4 Å². The molecule has 1 heterocycles. The number of hydrazine groups is 1. The minimum Gasteiger partial charge on any atom is -0.271 e. The van der Waals surface area contributed by atoms with Gasteiger partial charge in [0.1, 0.15) is 0 Å². The van der Waals surface area contributed by atoms with Crippen molar-refractivity contribution in [1.82, 2.24) is 5.43 Å². The maximum atomic E-state index is 5.67. The lowest BCUT2D eigenvalue weighted by Crippen LogP contribution is -2.28. The zero-order valence-corrected chi connectivity index (χ0v) is 12.0. The molecule has 0 saturated carbocycles. The number of nitrogens with one attached hydrogen (secondary N) is 1. The highest BCUT2D eigenvalue weighted by molar-refractivity contribution is 9.10. The van der Waals surface area contributed by atoms with Gasteiger partial charge in [0, 0.05) is 9.35 Å². The number of aryl methyl sites for hydroxylation is 1. The molecule has 1 aromatic carbocycles. The maximum Gasteiger partial charge on any atom is 0.0813 e. The third-order valence-electron chi connectivity index (χ3n) is 2.79. The summed E-state index contributed by atoms with van der Waals surface area (Å²) in [7, 11) is 0. The lowest BCUT2D eigenvalue weighted by atomic mass is 10.0. The van der Waals surface area contributed by atoms with Gasteiger partial charge in [-0.1, -0.05) is 31.2 Å². The molecule has 0 aliphatic carbocycles. The molecule has 0 spiro atoms. The van der Waals surface area contributed by atoms with Gasteiger partial charge >= 0.3 is 0 Å². The minimum absolute atomic E-state index is 0.0512. The van der Waals surface area contributed by atoms with Gasteiger partial charge in [-0.05, 0) is 44.9 Å². The Bertz CT molecular complexity index is 478. The van der Waals surface area contributed by atoms with E-state index < -0.39 is 0 Å². The number of thiophene rings is 1. The molecule has 3 N–H and O–H groups in total. The van der Waals surface area contributed by atoms with Crippen LogP contribution in [0.2, 0.25) is 0 Å². The highest BCUT2D eigenvalue weighted by Gasteiger charge is 2.16. The first kappa shape index (κ1) is 12.8. The fourth-order valence-electron chi connectivity index (χ4n) is 1.78. The number of halogens is 1. The van der Waals surface area contributed by atoms with E-state index in [0.717, 1.165) is 10.9 Å². The average Bonchev–Trinajstić information content (AvgIpc) is 2.78. The van der Waals surface area contributed by atoms with Crippen LogP contribution in [0.15, 0.2) is 40.2 Å². The molecule has 0 aliphatic heterocycles. The molecule has 1 atom stereocenters. The van der Waals surface area contributed by atoms with E-state index in [4.69, 9.17) is 5.84 Å². The Balaban J connectivity index is 2.32. The molecular formula is C13H15BrN2S. The fourth-order valence-corrected chi connectivity index (χ4v) is 3.47. The summed E-state index contributed by atoms with van der Waals surface area (Å²) in [4.78, 5) is 1.21. The molecule has 2 rings (SSSR count). The first-order valence-electron chi connectivity index (χ1n) is 5.54. The molecular weight excluding hydrogens is 296 g/mol. The lowest BCUT2D eigenvalue weighted by Gasteiger charge is -2.16. The van der Waals surface area contributed by atoms with E-state index in [2.05, 4.69) is 57.9 Å². The van der Waals surface area contributed by atoms with E-state index in [0.29, 0.717) is 0 Å². The van der Waals surface area contributed by atoms with Crippen molar-refractivity contribution in [2.75, 3.05) is 0 Å². The van der Waals surface area contributed by atoms with Crippen LogP contribution >= 0.6 is 27.3 Å². The van der Waals surface area contributed by atoms with E-state index in [1.807, 2.05) is 6.07 Å². The smallest absolute Gasteiger partial charge is 0.0813 e. The number of nitrogens with two attached hydrogens (primary N) is 1. The van der Waals surface area contributed by atoms with Gasteiger partial charge in [-0.3, -0.25) is 5.84 Å². The van der Waals surface area contributed by atoms with Gasteiger partial charge in [-0.15, -0.1) is 11.3 Å². The predicted molar refractivity (Wildman–Crippen MR) is 77.0 cm³/mol. The minimum atomic E-state index is 0.0512. The molecule has 0 amide bonds. The highest BCUT2D eigenvalue weighted by Crippen LogP contribution is 2.32. The SMILES string of the molecule is CCc1ccc(C(NN)c2sccc2Br)cc1. The Kier molecular flexibility index (Phi) is 4.34. The summed E-state index contributed by atoms with van der Waals surface area (Å²) in [5.41, 5.74) is 5.41. The van der Waals surface area contributed by atoms with E-state index in [9.17, 15) is 0 Å². The first-order valence-corrected chi connectivity index (χ1v) is 7.21. The second kappa shape index (κ2) is 5.78. The molecule has 90 valence electrons. The summed E-state index contributed by atoms with van der Waals surface area (Å²) in [5, 5.41) is 2.06. The van der Waals surface area contributed by atoms with Crippen molar-refractivity contribution in [3.63, 3.8) is 0 Å². The summed E-state index contributed by atoms with van der Waals surface area (Å²) in [5.74, 6) is 5.67. The van der Waals surface area contributed by atoms with Crippen molar-refractivity contribution in [3.05, 3.63) is 56.2 Å². The van der Waals surface area contributed by atoms with Gasteiger partial charge < -0.3 is 0 Å². The molecule has 2 aromatic rings. The van der Waals surface area contributed by atoms with Crippen LogP contribution in [0.25, 0.3) is 0 Å². The van der Waals surface area contributed by atoms with Crippen molar-refractivity contribution < 1.29 is 0 Å². The summed E-state index contributed by atoms with van der Waals surface area (Å²) in [6.07, 6.45) is 1.06. The fraction of sp³-hybridized carbons (Fsp3) is 0.231. The second-order valence-electron chi connectivity index (χ2n) is 3.83. The standard InChI is InChI=1S/C13H15BrN2S/c1-2-9-3-5-10(6-4-9)12(16-15)13-11(14)7-8-17-13/h3-8,12,16H,2,15H2,1H3. The van der Waals surface area contributed by atoms with E-state index in [1.54, 1.807) is 11.3 Å². The Morgan fingerprint density at radius 1 is 1.29 bits per heavy atom. The molecule has 0 radical (unpaired) electrons. The summed E-state index contributed by atoms with van der Waals surface area (Å²) >= 11 is 5.25. The summed E-state index contributed by atoms with van der Waals surface area (Å²) in [6, 6.07) is 10.7. The third-order valence-corrected chi connectivity index (χ3v) is 4.73. The second-order valence-corrected chi connectivity index (χ2v) is 5.63. The third kappa shape index (κ3) is 2.77.